The predicted octanol–water partition coefficient (Wildman–Crippen LogP) is 4.60. The van der Waals surface area contributed by atoms with Crippen LogP contribution in [0.25, 0.3) is 0 Å². The molecule has 0 N–H and O–H groups in total. The lowest BCUT2D eigenvalue weighted by atomic mass is 9.74. The second-order valence-corrected chi connectivity index (χ2v) is 10.7. The van der Waals surface area contributed by atoms with Crippen molar-refractivity contribution in [2.24, 2.45) is 11.8 Å². The second kappa shape index (κ2) is 9.36. The van der Waals surface area contributed by atoms with Crippen molar-refractivity contribution in [2.45, 2.75) is 82.2 Å². The number of piperidine rings is 1. The lowest BCUT2D eigenvalue weighted by Gasteiger charge is -2.50. The molecule has 2 unspecified atom stereocenters. The molecule has 3 aliphatic heterocycles. The van der Waals surface area contributed by atoms with Crippen molar-refractivity contribution in [3.05, 3.63) is 30.1 Å². The fourth-order valence-electron chi connectivity index (χ4n) is 7.23. The van der Waals surface area contributed by atoms with Crippen LogP contribution in [0.4, 0.5) is 10.1 Å². The number of imide groups is 1. The Kier molecular flexibility index (Phi) is 6.47. The molecule has 3 saturated heterocycles. The van der Waals surface area contributed by atoms with Gasteiger partial charge in [-0.1, -0.05) is 57.1 Å². The average molecular weight is 456 g/mol. The molecule has 6 heteroatoms. The zero-order chi connectivity index (χ0) is 23.0. The molecule has 4 fully saturated rings. The van der Waals surface area contributed by atoms with Gasteiger partial charge in [0, 0.05) is 32.7 Å². The Labute approximate surface area is 197 Å². The summed E-state index contributed by atoms with van der Waals surface area (Å²) in [5.74, 6) is -1.16. The van der Waals surface area contributed by atoms with Crippen molar-refractivity contribution in [1.29, 1.82) is 0 Å². The number of rotatable bonds is 2. The SMILES string of the molecule is CN1C(=O)C2CN(c3ccccc3F)C3(CCN(C4CCCCCCCCC4)CC3)C2C1=O. The maximum absolute atomic E-state index is 14.9. The van der Waals surface area contributed by atoms with Crippen LogP contribution < -0.4 is 4.90 Å². The van der Waals surface area contributed by atoms with E-state index < -0.39 is 5.54 Å². The Balaban J connectivity index is 1.39. The van der Waals surface area contributed by atoms with Crippen LogP contribution in [0.1, 0.15) is 70.6 Å². The average Bonchev–Trinajstić information content (AvgIpc) is 3.26. The summed E-state index contributed by atoms with van der Waals surface area (Å²) in [6.07, 6.45) is 13.5. The molecule has 1 spiro atoms. The lowest BCUT2D eigenvalue weighted by Crippen LogP contribution is -2.59. The largest absolute Gasteiger partial charge is 0.362 e. The van der Waals surface area contributed by atoms with Crippen LogP contribution in [-0.4, -0.2) is 59.9 Å². The molecule has 3 heterocycles. The van der Waals surface area contributed by atoms with Crippen LogP contribution in [0.5, 0.6) is 0 Å². The summed E-state index contributed by atoms with van der Waals surface area (Å²) < 4.78 is 14.9. The standard InChI is InChI=1S/C27H38FN3O2/c1-29-25(32)21-19-31(23-14-10-9-13-22(23)28)27(24(21)26(29)33)15-17-30(18-16-27)20-11-7-5-3-2-4-6-8-12-20/h9-10,13-14,20-21,24H,2-8,11-12,15-19H2,1H3. The van der Waals surface area contributed by atoms with Crippen LogP contribution in [0, 0.1) is 17.7 Å². The molecule has 2 atom stereocenters. The molecule has 1 aromatic rings. The number of likely N-dealkylation sites (tertiary alicyclic amines) is 2. The van der Waals surface area contributed by atoms with Gasteiger partial charge in [-0.3, -0.25) is 14.5 Å². The molecular weight excluding hydrogens is 417 g/mol. The molecule has 0 aromatic heterocycles. The van der Waals surface area contributed by atoms with Crippen LogP contribution >= 0.6 is 0 Å². The highest BCUT2D eigenvalue weighted by Crippen LogP contribution is 2.52. The van der Waals surface area contributed by atoms with Gasteiger partial charge in [-0.25, -0.2) is 4.39 Å². The molecule has 0 radical (unpaired) electrons. The van der Waals surface area contributed by atoms with E-state index in [0.717, 1.165) is 25.9 Å². The first-order chi connectivity index (χ1) is 16.0. The maximum atomic E-state index is 14.9. The Morgan fingerprint density at radius 3 is 2.12 bits per heavy atom. The number of fused-ring (bicyclic) bond motifs is 2. The zero-order valence-corrected chi connectivity index (χ0v) is 20.0. The van der Waals surface area contributed by atoms with Crippen LogP contribution in [0.15, 0.2) is 24.3 Å². The number of halogens is 1. The number of para-hydroxylation sites is 1. The van der Waals surface area contributed by atoms with E-state index in [1.807, 2.05) is 12.1 Å². The molecule has 5 nitrogen and oxygen atoms in total. The van der Waals surface area contributed by atoms with Gasteiger partial charge in [-0.15, -0.1) is 0 Å². The van der Waals surface area contributed by atoms with Gasteiger partial charge in [-0.2, -0.15) is 0 Å². The summed E-state index contributed by atoms with van der Waals surface area (Å²) in [4.78, 5) is 32.2. The number of nitrogens with zero attached hydrogens (tertiary/aromatic N) is 3. The Morgan fingerprint density at radius 1 is 0.879 bits per heavy atom. The third kappa shape index (κ3) is 3.98. The summed E-state index contributed by atoms with van der Waals surface area (Å²) in [5, 5.41) is 0. The Hall–Kier alpha value is -1.95. The summed E-state index contributed by atoms with van der Waals surface area (Å²) in [6.45, 7) is 2.28. The van der Waals surface area contributed by atoms with Gasteiger partial charge in [0.15, 0.2) is 0 Å². The molecule has 33 heavy (non-hydrogen) atoms. The Morgan fingerprint density at radius 2 is 1.48 bits per heavy atom. The number of hydrogen-bond donors (Lipinski definition) is 0. The highest BCUT2D eigenvalue weighted by molar-refractivity contribution is 6.07. The van der Waals surface area contributed by atoms with Crippen molar-refractivity contribution in [2.75, 3.05) is 31.6 Å². The number of carbonyl (C=O) groups is 2. The molecule has 2 amide bonds. The maximum Gasteiger partial charge on any atom is 0.235 e. The topological polar surface area (TPSA) is 43.9 Å². The molecule has 5 rings (SSSR count). The molecular formula is C27H38FN3O2. The Bertz CT molecular complexity index is 872. The monoisotopic (exact) mass is 455 g/mol. The van der Waals surface area contributed by atoms with Crippen molar-refractivity contribution in [3.63, 3.8) is 0 Å². The van der Waals surface area contributed by atoms with Crippen LogP contribution in [0.3, 0.4) is 0 Å². The summed E-state index contributed by atoms with van der Waals surface area (Å²) in [6, 6.07) is 7.47. The van der Waals surface area contributed by atoms with Gasteiger partial charge in [0.05, 0.1) is 23.1 Å². The van der Waals surface area contributed by atoms with Crippen molar-refractivity contribution in [3.8, 4) is 0 Å². The fraction of sp³-hybridized carbons (Fsp3) is 0.704. The van der Waals surface area contributed by atoms with Crippen molar-refractivity contribution in [1.82, 2.24) is 9.80 Å². The third-order valence-electron chi connectivity index (χ3n) is 9.04. The minimum absolute atomic E-state index is 0.0732. The van der Waals surface area contributed by atoms with Gasteiger partial charge in [0.2, 0.25) is 11.8 Å². The normalized spacial score (nSPS) is 29.6. The van der Waals surface area contributed by atoms with E-state index in [4.69, 9.17) is 0 Å². The van der Waals surface area contributed by atoms with Gasteiger partial charge >= 0.3 is 0 Å². The van der Waals surface area contributed by atoms with Gasteiger partial charge in [0.1, 0.15) is 5.82 Å². The second-order valence-electron chi connectivity index (χ2n) is 10.7. The molecule has 0 bridgehead atoms. The summed E-state index contributed by atoms with van der Waals surface area (Å²) >= 11 is 0. The molecule has 4 aliphatic rings. The third-order valence-corrected chi connectivity index (χ3v) is 9.04. The molecule has 1 saturated carbocycles. The first-order valence-corrected chi connectivity index (χ1v) is 13.1. The minimum Gasteiger partial charge on any atom is -0.362 e. The van der Waals surface area contributed by atoms with E-state index in [1.165, 1.54) is 68.8 Å². The first kappa shape index (κ1) is 22.8. The van der Waals surface area contributed by atoms with Crippen LogP contribution in [0.2, 0.25) is 0 Å². The number of amides is 2. The van der Waals surface area contributed by atoms with Gasteiger partial charge in [0.25, 0.3) is 0 Å². The summed E-state index contributed by atoms with van der Waals surface area (Å²) in [5.41, 5.74) is 0.0684. The first-order valence-electron chi connectivity index (χ1n) is 13.1. The number of benzene rings is 1. The van der Waals surface area contributed by atoms with Crippen LogP contribution in [-0.2, 0) is 9.59 Å². The van der Waals surface area contributed by atoms with E-state index in [1.54, 1.807) is 13.1 Å². The van der Waals surface area contributed by atoms with E-state index in [9.17, 15) is 14.0 Å². The fourth-order valence-corrected chi connectivity index (χ4v) is 7.23. The van der Waals surface area contributed by atoms with Crippen molar-refractivity contribution >= 4 is 17.5 Å². The molecule has 180 valence electrons. The zero-order valence-electron chi connectivity index (χ0n) is 20.0. The number of hydrogen-bond acceptors (Lipinski definition) is 4. The van der Waals surface area contributed by atoms with Gasteiger partial charge in [-0.05, 0) is 37.8 Å². The molecule has 1 aliphatic carbocycles. The summed E-state index contributed by atoms with van der Waals surface area (Å²) in [7, 11) is 1.61. The van der Waals surface area contributed by atoms with E-state index in [2.05, 4.69) is 9.80 Å². The van der Waals surface area contributed by atoms with E-state index >= 15 is 0 Å². The number of anilines is 1. The van der Waals surface area contributed by atoms with E-state index in [-0.39, 0.29) is 29.5 Å². The van der Waals surface area contributed by atoms with E-state index in [0.29, 0.717) is 18.3 Å². The predicted molar refractivity (Wildman–Crippen MR) is 127 cm³/mol. The lowest BCUT2D eigenvalue weighted by molar-refractivity contribution is -0.139. The number of carbonyl (C=O) groups excluding carboxylic acids is 2. The quantitative estimate of drug-likeness (QED) is 0.611. The molecule has 1 aromatic carbocycles. The highest BCUT2D eigenvalue weighted by Gasteiger charge is 2.64. The van der Waals surface area contributed by atoms with Gasteiger partial charge < -0.3 is 9.80 Å². The highest BCUT2D eigenvalue weighted by atomic mass is 19.1. The van der Waals surface area contributed by atoms with Crippen molar-refractivity contribution < 1.29 is 14.0 Å². The minimum atomic E-state index is -0.475. The smallest absolute Gasteiger partial charge is 0.235 e.